The Hall–Kier alpha value is -1.39. The summed E-state index contributed by atoms with van der Waals surface area (Å²) in [6.45, 7) is 9.17. The lowest BCUT2D eigenvalue weighted by Crippen LogP contribution is -2.27. The van der Waals surface area contributed by atoms with Gasteiger partial charge in [-0.2, -0.15) is 5.10 Å². The van der Waals surface area contributed by atoms with Crippen molar-refractivity contribution in [3.05, 3.63) is 46.0 Å². The zero-order valence-electron chi connectivity index (χ0n) is 13.3. The van der Waals surface area contributed by atoms with Gasteiger partial charge in [-0.05, 0) is 31.4 Å². The van der Waals surface area contributed by atoms with Crippen LogP contribution < -0.4 is 5.32 Å². The van der Waals surface area contributed by atoms with Crippen LogP contribution in [0, 0.1) is 19.8 Å². The summed E-state index contributed by atoms with van der Waals surface area (Å²) in [5.41, 5.74) is 4.33. The molecular formula is C16H23ClN4. The Labute approximate surface area is 131 Å². The number of rotatable bonds is 5. The summed E-state index contributed by atoms with van der Waals surface area (Å²) in [5, 5.41) is 8.63. The molecule has 2 aromatic heterocycles. The highest BCUT2D eigenvalue weighted by molar-refractivity contribution is 6.30. The molecule has 1 unspecified atom stereocenters. The zero-order chi connectivity index (χ0) is 15.6. The molecule has 2 rings (SSSR count). The van der Waals surface area contributed by atoms with Crippen molar-refractivity contribution in [3.63, 3.8) is 0 Å². The van der Waals surface area contributed by atoms with Gasteiger partial charge in [-0.25, -0.2) is 0 Å². The molecular weight excluding hydrogens is 284 g/mol. The van der Waals surface area contributed by atoms with E-state index in [2.05, 4.69) is 42.2 Å². The van der Waals surface area contributed by atoms with Crippen LogP contribution in [0.5, 0.6) is 0 Å². The van der Waals surface area contributed by atoms with E-state index in [1.807, 2.05) is 26.2 Å². The summed E-state index contributed by atoms with van der Waals surface area (Å²) >= 11 is 6.30. The smallest absolute Gasteiger partial charge is 0.131 e. The number of hydrogen-bond acceptors (Lipinski definition) is 3. The fourth-order valence-corrected chi connectivity index (χ4v) is 2.80. The third-order valence-electron chi connectivity index (χ3n) is 3.78. The van der Waals surface area contributed by atoms with Crippen LogP contribution in [-0.4, -0.2) is 14.8 Å². The highest BCUT2D eigenvalue weighted by atomic mass is 35.5. The topological polar surface area (TPSA) is 42.7 Å². The largest absolute Gasteiger partial charge is 0.304 e. The van der Waals surface area contributed by atoms with Gasteiger partial charge in [0.1, 0.15) is 5.15 Å². The molecule has 0 bridgehead atoms. The van der Waals surface area contributed by atoms with E-state index in [0.717, 1.165) is 17.0 Å². The van der Waals surface area contributed by atoms with E-state index in [0.29, 0.717) is 17.6 Å². The van der Waals surface area contributed by atoms with Crippen molar-refractivity contribution < 1.29 is 0 Å². The molecule has 2 aromatic rings. The van der Waals surface area contributed by atoms with E-state index in [1.165, 1.54) is 5.56 Å². The molecule has 1 atom stereocenters. The number of nitrogens with zero attached hydrogens (tertiary/aromatic N) is 3. The summed E-state index contributed by atoms with van der Waals surface area (Å²) in [5.74, 6) is 0.439. The van der Waals surface area contributed by atoms with Crippen molar-refractivity contribution in [2.75, 3.05) is 0 Å². The molecule has 0 fully saturated rings. The molecule has 0 aliphatic rings. The van der Waals surface area contributed by atoms with Gasteiger partial charge in [0.2, 0.25) is 0 Å². The Morgan fingerprint density at radius 3 is 2.57 bits per heavy atom. The van der Waals surface area contributed by atoms with Crippen LogP contribution in [0.4, 0.5) is 0 Å². The fourth-order valence-electron chi connectivity index (χ4n) is 2.56. The summed E-state index contributed by atoms with van der Waals surface area (Å²) < 4.78 is 1.71. The summed E-state index contributed by atoms with van der Waals surface area (Å²) in [4.78, 5) is 4.55. The first-order chi connectivity index (χ1) is 9.91. The van der Waals surface area contributed by atoms with Crippen molar-refractivity contribution in [1.29, 1.82) is 0 Å². The van der Waals surface area contributed by atoms with Crippen molar-refractivity contribution >= 4 is 11.6 Å². The van der Waals surface area contributed by atoms with Crippen LogP contribution in [-0.2, 0) is 13.6 Å². The number of hydrogen-bond donors (Lipinski definition) is 1. The van der Waals surface area contributed by atoms with Gasteiger partial charge in [0, 0.05) is 25.4 Å². The van der Waals surface area contributed by atoms with Crippen molar-refractivity contribution in [2.24, 2.45) is 13.0 Å². The third-order valence-corrected chi connectivity index (χ3v) is 4.25. The van der Waals surface area contributed by atoms with Gasteiger partial charge in [-0.1, -0.05) is 31.5 Å². The second kappa shape index (κ2) is 6.58. The second-order valence-electron chi connectivity index (χ2n) is 5.79. The molecule has 0 radical (unpaired) electrons. The monoisotopic (exact) mass is 306 g/mol. The van der Waals surface area contributed by atoms with E-state index < -0.39 is 0 Å². The van der Waals surface area contributed by atoms with Crippen LogP contribution in [0.25, 0.3) is 0 Å². The molecule has 0 saturated heterocycles. The maximum Gasteiger partial charge on any atom is 0.131 e. The maximum atomic E-state index is 6.30. The molecule has 21 heavy (non-hydrogen) atoms. The van der Waals surface area contributed by atoms with Crippen molar-refractivity contribution in [1.82, 2.24) is 20.1 Å². The Morgan fingerprint density at radius 2 is 2.05 bits per heavy atom. The quantitative estimate of drug-likeness (QED) is 0.918. The number of nitrogens with one attached hydrogen (secondary N) is 1. The summed E-state index contributed by atoms with van der Waals surface area (Å²) in [6.07, 6.45) is 1.85. The van der Waals surface area contributed by atoms with Gasteiger partial charge in [-0.15, -0.1) is 0 Å². The summed E-state index contributed by atoms with van der Waals surface area (Å²) in [7, 11) is 1.86. The van der Waals surface area contributed by atoms with Crippen LogP contribution in [0.15, 0.2) is 18.3 Å². The van der Waals surface area contributed by atoms with Gasteiger partial charge >= 0.3 is 0 Å². The van der Waals surface area contributed by atoms with Crippen LogP contribution >= 0.6 is 11.6 Å². The van der Waals surface area contributed by atoms with Gasteiger partial charge in [-0.3, -0.25) is 9.67 Å². The SMILES string of the molecule is Cc1cccnc1C(NCc1c(C)nn(C)c1Cl)C(C)C. The fraction of sp³-hybridized carbons (Fsp3) is 0.500. The zero-order valence-corrected chi connectivity index (χ0v) is 14.1. The predicted molar refractivity (Wildman–Crippen MR) is 86.3 cm³/mol. The minimum Gasteiger partial charge on any atom is -0.304 e. The first kappa shape index (κ1) is 16.0. The number of aromatic nitrogens is 3. The Morgan fingerprint density at radius 1 is 1.33 bits per heavy atom. The molecule has 0 amide bonds. The molecule has 0 aliphatic heterocycles. The molecule has 4 nitrogen and oxygen atoms in total. The molecule has 2 heterocycles. The van der Waals surface area contributed by atoms with Gasteiger partial charge in [0.15, 0.2) is 0 Å². The van der Waals surface area contributed by atoms with E-state index in [-0.39, 0.29) is 6.04 Å². The third kappa shape index (κ3) is 3.44. The Balaban J connectivity index is 2.20. The first-order valence-electron chi connectivity index (χ1n) is 7.24. The van der Waals surface area contributed by atoms with E-state index in [4.69, 9.17) is 11.6 Å². The van der Waals surface area contributed by atoms with Crippen LogP contribution in [0.2, 0.25) is 5.15 Å². The number of pyridine rings is 1. The Kier molecular flexibility index (Phi) is 5.01. The molecule has 0 spiro atoms. The normalized spacial score (nSPS) is 12.9. The number of aryl methyl sites for hydroxylation is 3. The lowest BCUT2D eigenvalue weighted by molar-refractivity contribution is 0.400. The average molecular weight is 307 g/mol. The first-order valence-corrected chi connectivity index (χ1v) is 7.62. The van der Waals surface area contributed by atoms with E-state index >= 15 is 0 Å². The average Bonchev–Trinajstić information content (AvgIpc) is 2.66. The molecule has 0 saturated carbocycles. The minimum absolute atomic E-state index is 0.196. The minimum atomic E-state index is 0.196. The molecule has 114 valence electrons. The highest BCUT2D eigenvalue weighted by Crippen LogP contribution is 2.25. The predicted octanol–water partition coefficient (Wildman–Crippen LogP) is 3.57. The standard InChI is InChI=1S/C16H23ClN4/c1-10(2)14(15-11(3)7-6-8-18-15)19-9-13-12(4)20-21(5)16(13)17/h6-8,10,14,19H,9H2,1-5H3. The Bertz CT molecular complexity index is 619. The number of halogens is 1. The van der Waals surface area contributed by atoms with Crippen LogP contribution in [0.3, 0.4) is 0 Å². The molecule has 0 aliphatic carbocycles. The molecule has 1 N–H and O–H groups in total. The van der Waals surface area contributed by atoms with Crippen LogP contribution in [0.1, 0.15) is 42.4 Å². The van der Waals surface area contributed by atoms with Crippen molar-refractivity contribution in [2.45, 2.75) is 40.3 Å². The van der Waals surface area contributed by atoms with Crippen molar-refractivity contribution in [3.8, 4) is 0 Å². The van der Waals surface area contributed by atoms with E-state index in [1.54, 1.807) is 4.68 Å². The second-order valence-corrected chi connectivity index (χ2v) is 6.14. The van der Waals surface area contributed by atoms with Gasteiger partial charge in [0.05, 0.1) is 17.4 Å². The lowest BCUT2D eigenvalue weighted by Gasteiger charge is -2.23. The highest BCUT2D eigenvalue weighted by Gasteiger charge is 2.20. The lowest BCUT2D eigenvalue weighted by atomic mass is 9.97. The van der Waals surface area contributed by atoms with Gasteiger partial charge in [0.25, 0.3) is 0 Å². The maximum absolute atomic E-state index is 6.30. The van der Waals surface area contributed by atoms with E-state index in [9.17, 15) is 0 Å². The summed E-state index contributed by atoms with van der Waals surface area (Å²) in [6, 6.07) is 4.27. The molecule has 0 aromatic carbocycles. The molecule has 5 heteroatoms. The van der Waals surface area contributed by atoms with Gasteiger partial charge < -0.3 is 5.32 Å².